The highest BCUT2D eigenvalue weighted by atomic mass is 32.2. The van der Waals surface area contributed by atoms with Gasteiger partial charge in [-0.25, -0.2) is 8.42 Å². The minimum absolute atomic E-state index is 0.0332. The molecule has 0 bridgehead atoms. The highest BCUT2D eigenvalue weighted by Crippen LogP contribution is 2.25. The number of rotatable bonds is 4. The number of nitrogens with two attached hydrogens (primary N) is 1. The van der Waals surface area contributed by atoms with Crippen LogP contribution < -0.4 is 5.73 Å². The molecule has 1 aromatic carbocycles. The Morgan fingerprint density at radius 1 is 1.29 bits per heavy atom. The molecule has 5 heteroatoms. The number of hydrogen-bond donors (Lipinski definition) is 1. The van der Waals surface area contributed by atoms with Crippen molar-refractivity contribution >= 4 is 10.0 Å². The maximum atomic E-state index is 12.7. The average molecular weight is 310 g/mol. The smallest absolute Gasteiger partial charge is 0.243 e. The van der Waals surface area contributed by atoms with Gasteiger partial charge in [0, 0.05) is 18.6 Å². The summed E-state index contributed by atoms with van der Waals surface area (Å²) in [6.07, 6.45) is 2.43. The zero-order valence-corrected chi connectivity index (χ0v) is 13.9. The van der Waals surface area contributed by atoms with Crippen molar-refractivity contribution in [2.45, 2.75) is 57.0 Å². The topological polar surface area (TPSA) is 63.4 Å². The summed E-state index contributed by atoms with van der Waals surface area (Å²) in [5.74, 6) is 0.566. The van der Waals surface area contributed by atoms with Crippen LogP contribution in [0.3, 0.4) is 0 Å². The second-order valence-electron chi connectivity index (χ2n) is 6.49. The Morgan fingerprint density at radius 3 is 2.43 bits per heavy atom. The third-order valence-electron chi connectivity index (χ3n) is 4.03. The first-order chi connectivity index (χ1) is 9.80. The molecule has 0 aliphatic carbocycles. The average Bonchev–Trinajstić information content (AvgIpc) is 2.38. The Balaban J connectivity index is 2.19. The fourth-order valence-electron chi connectivity index (χ4n) is 2.95. The number of piperidine rings is 1. The predicted octanol–water partition coefficient (Wildman–Crippen LogP) is 2.39. The van der Waals surface area contributed by atoms with Gasteiger partial charge >= 0.3 is 0 Å². The first-order valence-electron chi connectivity index (χ1n) is 7.67. The van der Waals surface area contributed by atoms with E-state index in [4.69, 9.17) is 5.73 Å². The minimum Gasteiger partial charge on any atom is -0.328 e. The SMILES string of the molecule is CC(C)Cc1ccc(S(=O)(=O)N2CCC(N)CC2C)cc1. The van der Waals surface area contributed by atoms with Crippen LogP contribution in [-0.2, 0) is 16.4 Å². The normalized spacial score (nSPS) is 24.4. The van der Waals surface area contributed by atoms with Crippen molar-refractivity contribution < 1.29 is 8.42 Å². The lowest BCUT2D eigenvalue weighted by Crippen LogP contribution is -2.48. The van der Waals surface area contributed by atoms with Crippen LogP contribution in [0.15, 0.2) is 29.2 Å². The molecule has 0 aromatic heterocycles. The summed E-state index contributed by atoms with van der Waals surface area (Å²) in [5, 5.41) is 0. The van der Waals surface area contributed by atoms with Crippen LogP contribution in [0.25, 0.3) is 0 Å². The van der Waals surface area contributed by atoms with E-state index in [0.29, 0.717) is 17.4 Å². The third-order valence-corrected chi connectivity index (χ3v) is 6.06. The Morgan fingerprint density at radius 2 is 1.90 bits per heavy atom. The molecule has 0 saturated carbocycles. The molecule has 0 amide bonds. The zero-order valence-electron chi connectivity index (χ0n) is 13.1. The van der Waals surface area contributed by atoms with Gasteiger partial charge in [-0.1, -0.05) is 26.0 Å². The van der Waals surface area contributed by atoms with E-state index in [1.165, 1.54) is 5.56 Å². The van der Waals surface area contributed by atoms with Gasteiger partial charge in [0.1, 0.15) is 0 Å². The van der Waals surface area contributed by atoms with E-state index in [0.717, 1.165) is 19.3 Å². The number of sulfonamides is 1. The predicted molar refractivity (Wildman–Crippen MR) is 85.5 cm³/mol. The van der Waals surface area contributed by atoms with Crippen LogP contribution in [-0.4, -0.2) is 31.4 Å². The molecule has 1 fully saturated rings. The molecule has 2 unspecified atom stereocenters. The van der Waals surface area contributed by atoms with Gasteiger partial charge in [-0.3, -0.25) is 0 Å². The summed E-state index contributed by atoms with van der Waals surface area (Å²) in [7, 11) is -3.40. The molecule has 1 aliphatic heterocycles. The summed E-state index contributed by atoms with van der Waals surface area (Å²) in [6.45, 7) is 6.76. The second kappa shape index (κ2) is 6.46. The second-order valence-corrected chi connectivity index (χ2v) is 8.38. The standard InChI is InChI=1S/C16H26N2O2S/c1-12(2)10-14-4-6-16(7-5-14)21(19,20)18-9-8-15(17)11-13(18)3/h4-7,12-13,15H,8-11,17H2,1-3H3. The van der Waals surface area contributed by atoms with Gasteiger partial charge in [0.15, 0.2) is 0 Å². The summed E-state index contributed by atoms with van der Waals surface area (Å²) in [4.78, 5) is 0.386. The lowest BCUT2D eigenvalue weighted by Gasteiger charge is -2.35. The number of benzene rings is 1. The lowest BCUT2D eigenvalue weighted by molar-refractivity contribution is 0.247. The van der Waals surface area contributed by atoms with E-state index in [9.17, 15) is 8.42 Å². The van der Waals surface area contributed by atoms with Gasteiger partial charge in [-0.05, 0) is 49.8 Å². The third kappa shape index (κ3) is 3.84. The lowest BCUT2D eigenvalue weighted by atomic mass is 10.0. The molecule has 1 saturated heterocycles. The highest BCUT2D eigenvalue weighted by molar-refractivity contribution is 7.89. The van der Waals surface area contributed by atoms with Gasteiger partial charge < -0.3 is 5.73 Å². The molecular formula is C16H26N2O2S. The van der Waals surface area contributed by atoms with Gasteiger partial charge in [0.25, 0.3) is 0 Å². The molecular weight excluding hydrogens is 284 g/mol. The van der Waals surface area contributed by atoms with Crippen LogP contribution in [0.5, 0.6) is 0 Å². The van der Waals surface area contributed by atoms with Crippen LogP contribution in [0.1, 0.15) is 39.2 Å². The maximum absolute atomic E-state index is 12.7. The van der Waals surface area contributed by atoms with Gasteiger partial charge in [-0.15, -0.1) is 0 Å². The molecule has 2 atom stereocenters. The molecule has 118 valence electrons. The molecule has 2 N–H and O–H groups in total. The Kier molecular flexibility index (Phi) is 5.07. The van der Waals surface area contributed by atoms with E-state index in [1.807, 2.05) is 19.1 Å². The summed E-state index contributed by atoms with van der Waals surface area (Å²) < 4.78 is 27.0. The van der Waals surface area contributed by atoms with Crippen LogP contribution >= 0.6 is 0 Å². The zero-order chi connectivity index (χ0) is 15.6. The molecule has 1 aromatic rings. The minimum atomic E-state index is -3.40. The van der Waals surface area contributed by atoms with Crippen molar-refractivity contribution in [3.8, 4) is 0 Å². The monoisotopic (exact) mass is 310 g/mol. The summed E-state index contributed by atoms with van der Waals surface area (Å²) >= 11 is 0. The van der Waals surface area contributed by atoms with Crippen LogP contribution in [0, 0.1) is 5.92 Å². The summed E-state index contributed by atoms with van der Waals surface area (Å²) in [5.41, 5.74) is 7.09. The molecule has 1 heterocycles. The molecule has 1 aliphatic rings. The number of nitrogens with zero attached hydrogens (tertiary/aromatic N) is 1. The van der Waals surface area contributed by atoms with Gasteiger partial charge in [0.05, 0.1) is 4.90 Å². The van der Waals surface area contributed by atoms with Crippen molar-refractivity contribution in [1.82, 2.24) is 4.31 Å². The van der Waals surface area contributed by atoms with E-state index in [-0.39, 0.29) is 12.1 Å². The first-order valence-corrected chi connectivity index (χ1v) is 9.11. The van der Waals surface area contributed by atoms with Crippen molar-refractivity contribution in [3.05, 3.63) is 29.8 Å². The Labute approximate surface area is 128 Å². The van der Waals surface area contributed by atoms with Crippen molar-refractivity contribution in [1.29, 1.82) is 0 Å². The summed E-state index contributed by atoms with van der Waals surface area (Å²) in [6, 6.07) is 7.39. The quantitative estimate of drug-likeness (QED) is 0.928. The van der Waals surface area contributed by atoms with Crippen molar-refractivity contribution in [2.24, 2.45) is 11.7 Å². The van der Waals surface area contributed by atoms with E-state index in [1.54, 1.807) is 16.4 Å². The molecule has 4 nitrogen and oxygen atoms in total. The van der Waals surface area contributed by atoms with E-state index >= 15 is 0 Å². The molecule has 0 radical (unpaired) electrons. The Hall–Kier alpha value is -0.910. The fraction of sp³-hybridized carbons (Fsp3) is 0.625. The molecule has 21 heavy (non-hydrogen) atoms. The molecule has 0 spiro atoms. The molecule has 2 rings (SSSR count). The fourth-order valence-corrected chi connectivity index (χ4v) is 4.60. The van der Waals surface area contributed by atoms with Crippen molar-refractivity contribution in [3.63, 3.8) is 0 Å². The van der Waals surface area contributed by atoms with E-state index in [2.05, 4.69) is 13.8 Å². The van der Waals surface area contributed by atoms with Crippen LogP contribution in [0.2, 0.25) is 0 Å². The van der Waals surface area contributed by atoms with E-state index < -0.39 is 10.0 Å². The largest absolute Gasteiger partial charge is 0.328 e. The van der Waals surface area contributed by atoms with Gasteiger partial charge in [0.2, 0.25) is 10.0 Å². The Bertz CT molecular complexity index is 566. The van der Waals surface area contributed by atoms with Crippen molar-refractivity contribution in [2.75, 3.05) is 6.54 Å². The van der Waals surface area contributed by atoms with Gasteiger partial charge in [-0.2, -0.15) is 4.31 Å². The van der Waals surface area contributed by atoms with Crippen LogP contribution in [0.4, 0.5) is 0 Å². The maximum Gasteiger partial charge on any atom is 0.243 e. The first kappa shape index (κ1) is 16.5. The number of hydrogen-bond acceptors (Lipinski definition) is 3. The highest BCUT2D eigenvalue weighted by Gasteiger charge is 2.33.